The molecule has 5 heteroatoms. The van der Waals surface area contributed by atoms with Crippen molar-refractivity contribution in [2.75, 3.05) is 0 Å². The number of primary sulfonamides is 1. The number of allylic oxidation sites excluding steroid dienone is 2. The molecule has 0 fully saturated rings. The maximum absolute atomic E-state index is 11.1. The van der Waals surface area contributed by atoms with Gasteiger partial charge in [0.15, 0.2) is 0 Å². The Kier molecular flexibility index (Phi) is 4.84. The fourth-order valence-electron chi connectivity index (χ4n) is 1.53. The van der Waals surface area contributed by atoms with Crippen LogP contribution in [0.2, 0.25) is 0 Å². The molecule has 4 nitrogen and oxygen atoms in total. The van der Waals surface area contributed by atoms with E-state index >= 15 is 0 Å². The van der Waals surface area contributed by atoms with Crippen LogP contribution < -0.4 is 5.14 Å². The maximum Gasteiger partial charge on any atom is 0.239 e. The summed E-state index contributed by atoms with van der Waals surface area (Å²) in [6.45, 7) is 4.09. The predicted molar refractivity (Wildman–Crippen MR) is 68.8 cm³/mol. The molecule has 1 heterocycles. The monoisotopic (exact) mass is 254 g/mol. The molecule has 1 rings (SSSR count). The molecule has 0 aliphatic carbocycles. The number of aromatic nitrogens is 1. The first-order valence-corrected chi connectivity index (χ1v) is 7.18. The number of unbranched alkanes of at least 4 members (excludes halogenated alkanes) is 1. The number of sulfonamides is 1. The Balaban J connectivity index is 2.94. The Morgan fingerprint density at radius 2 is 2.18 bits per heavy atom. The minimum atomic E-state index is -3.65. The van der Waals surface area contributed by atoms with Crippen LogP contribution in [0, 0.1) is 0 Å². The lowest BCUT2D eigenvalue weighted by Crippen LogP contribution is -2.12. The van der Waals surface area contributed by atoms with Gasteiger partial charge in [-0.15, -0.1) is 0 Å². The zero-order valence-electron chi connectivity index (χ0n) is 10.2. The topological polar surface area (TPSA) is 73.1 Å². The highest BCUT2D eigenvalue weighted by Gasteiger charge is 2.09. The van der Waals surface area contributed by atoms with Crippen LogP contribution in [0.15, 0.2) is 29.3 Å². The van der Waals surface area contributed by atoms with Gasteiger partial charge < -0.3 is 0 Å². The Bertz CT molecular complexity index is 490. The van der Waals surface area contributed by atoms with E-state index in [2.05, 4.69) is 11.9 Å². The summed E-state index contributed by atoms with van der Waals surface area (Å²) in [4.78, 5) is 4.19. The molecular weight excluding hydrogens is 236 g/mol. The second-order valence-corrected chi connectivity index (χ2v) is 5.40. The van der Waals surface area contributed by atoms with Crippen LogP contribution in [0.1, 0.15) is 38.8 Å². The maximum atomic E-state index is 11.1. The van der Waals surface area contributed by atoms with Gasteiger partial charge in [0.2, 0.25) is 10.0 Å². The van der Waals surface area contributed by atoms with Crippen LogP contribution >= 0.6 is 0 Å². The van der Waals surface area contributed by atoms with Crippen molar-refractivity contribution < 1.29 is 8.42 Å². The molecule has 0 unspecified atom stereocenters. The standard InChI is InChI=1S/C12H18N2O2S/c1-3-5-6-10(4-2)12-8-7-11(9-14-12)17(13,15)16/h4,7-9H,3,5-6H2,1-2H3,(H2,13,15,16)/b10-4-. The predicted octanol–water partition coefficient (Wildman–Crippen LogP) is 2.32. The summed E-state index contributed by atoms with van der Waals surface area (Å²) in [5.41, 5.74) is 1.95. The third-order valence-corrected chi connectivity index (χ3v) is 3.44. The van der Waals surface area contributed by atoms with Gasteiger partial charge in [-0.3, -0.25) is 4.98 Å². The fraction of sp³-hybridized carbons (Fsp3) is 0.417. The fourth-order valence-corrected chi connectivity index (χ4v) is 1.98. The Hall–Kier alpha value is -1.20. The van der Waals surface area contributed by atoms with Crippen molar-refractivity contribution in [1.82, 2.24) is 4.98 Å². The Labute approximate surface area is 103 Å². The lowest BCUT2D eigenvalue weighted by Gasteiger charge is -2.06. The van der Waals surface area contributed by atoms with E-state index in [0.29, 0.717) is 0 Å². The molecule has 17 heavy (non-hydrogen) atoms. The first-order valence-electron chi connectivity index (χ1n) is 5.63. The van der Waals surface area contributed by atoms with Crippen LogP contribution in [0.4, 0.5) is 0 Å². The van der Waals surface area contributed by atoms with E-state index in [1.54, 1.807) is 6.07 Å². The van der Waals surface area contributed by atoms with E-state index in [1.807, 2.05) is 13.0 Å². The van der Waals surface area contributed by atoms with Gasteiger partial charge in [0.05, 0.1) is 5.69 Å². The van der Waals surface area contributed by atoms with Crippen LogP contribution in [-0.4, -0.2) is 13.4 Å². The largest absolute Gasteiger partial charge is 0.255 e. The Morgan fingerprint density at radius 1 is 1.47 bits per heavy atom. The van der Waals surface area contributed by atoms with Gasteiger partial charge in [0.1, 0.15) is 4.90 Å². The molecule has 0 aliphatic heterocycles. The number of nitrogens with zero attached hydrogens (tertiary/aromatic N) is 1. The van der Waals surface area contributed by atoms with Crippen molar-refractivity contribution in [2.45, 2.75) is 38.0 Å². The van der Waals surface area contributed by atoms with E-state index < -0.39 is 10.0 Å². The van der Waals surface area contributed by atoms with Gasteiger partial charge in [-0.1, -0.05) is 19.4 Å². The summed E-state index contributed by atoms with van der Waals surface area (Å²) in [6.07, 6.45) is 6.48. The number of hydrogen-bond acceptors (Lipinski definition) is 3. The lowest BCUT2D eigenvalue weighted by molar-refractivity contribution is 0.597. The second-order valence-electron chi connectivity index (χ2n) is 3.84. The van der Waals surface area contributed by atoms with Crippen LogP contribution in [0.3, 0.4) is 0 Å². The summed E-state index contributed by atoms with van der Waals surface area (Å²) in [5.74, 6) is 0. The summed E-state index contributed by atoms with van der Waals surface area (Å²) in [6, 6.07) is 3.19. The SMILES string of the molecule is C/C=C(/CCCC)c1ccc(S(N)(=O)=O)cn1. The first kappa shape index (κ1) is 13.9. The van der Waals surface area contributed by atoms with Crippen LogP contribution in [0.25, 0.3) is 5.57 Å². The minimum Gasteiger partial charge on any atom is -0.255 e. The highest BCUT2D eigenvalue weighted by atomic mass is 32.2. The van der Waals surface area contributed by atoms with Gasteiger partial charge in [0, 0.05) is 6.20 Å². The molecule has 0 saturated heterocycles. The molecular formula is C12H18N2O2S. The van der Waals surface area contributed by atoms with Crippen molar-refractivity contribution in [3.8, 4) is 0 Å². The average Bonchev–Trinajstić information content (AvgIpc) is 2.29. The van der Waals surface area contributed by atoms with Gasteiger partial charge in [-0.2, -0.15) is 0 Å². The van der Waals surface area contributed by atoms with E-state index in [-0.39, 0.29) is 4.90 Å². The van der Waals surface area contributed by atoms with Gasteiger partial charge in [0.25, 0.3) is 0 Å². The lowest BCUT2D eigenvalue weighted by atomic mass is 10.1. The minimum absolute atomic E-state index is 0.0483. The van der Waals surface area contributed by atoms with E-state index in [4.69, 9.17) is 5.14 Å². The summed E-state index contributed by atoms with van der Waals surface area (Å²) < 4.78 is 22.2. The van der Waals surface area contributed by atoms with E-state index in [0.717, 1.165) is 30.5 Å². The zero-order chi connectivity index (χ0) is 12.9. The third kappa shape index (κ3) is 3.94. The number of rotatable bonds is 5. The zero-order valence-corrected chi connectivity index (χ0v) is 11.0. The van der Waals surface area contributed by atoms with Gasteiger partial charge in [-0.25, -0.2) is 13.6 Å². The smallest absolute Gasteiger partial charge is 0.239 e. The summed E-state index contributed by atoms with van der Waals surface area (Å²) in [7, 11) is -3.65. The van der Waals surface area contributed by atoms with Gasteiger partial charge in [-0.05, 0) is 37.5 Å². The number of pyridine rings is 1. The Morgan fingerprint density at radius 3 is 2.59 bits per heavy atom. The highest BCUT2D eigenvalue weighted by molar-refractivity contribution is 7.89. The molecule has 1 aromatic rings. The normalized spacial score (nSPS) is 12.8. The van der Waals surface area contributed by atoms with E-state index in [9.17, 15) is 8.42 Å². The molecule has 1 aromatic heterocycles. The number of nitrogens with two attached hydrogens (primary N) is 1. The number of hydrogen-bond donors (Lipinski definition) is 1. The third-order valence-electron chi connectivity index (χ3n) is 2.54. The summed E-state index contributed by atoms with van der Waals surface area (Å²) >= 11 is 0. The molecule has 2 N–H and O–H groups in total. The molecule has 0 radical (unpaired) electrons. The van der Waals surface area contributed by atoms with Gasteiger partial charge >= 0.3 is 0 Å². The second kappa shape index (κ2) is 5.93. The summed E-state index contributed by atoms with van der Waals surface area (Å²) in [5, 5.41) is 5.01. The molecule has 0 atom stereocenters. The first-order chi connectivity index (χ1) is 7.99. The van der Waals surface area contributed by atoms with Crippen molar-refractivity contribution in [3.63, 3.8) is 0 Å². The molecule has 0 saturated carbocycles. The molecule has 0 aliphatic rings. The highest BCUT2D eigenvalue weighted by Crippen LogP contribution is 2.19. The molecule has 94 valence electrons. The van der Waals surface area contributed by atoms with Crippen molar-refractivity contribution in [1.29, 1.82) is 0 Å². The van der Waals surface area contributed by atoms with Crippen molar-refractivity contribution >= 4 is 15.6 Å². The molecule has 0 amide bonds. The van der Waals surface area contributed by atoms with E-state index in [1.165, 1.54) is 12.3 Å². The van der Waals surface area contributed by atoms with Crippen molar-refractivity contribution in [2.24, 2.45) is 5.14 Å². The molecule has 0 bridgehead atoms. The van der Waals surface area contributed by atoms with Crippen molar-refractivity contribution in [3.05, 3.63) is 30.1 Å². The van der Waals surface area contributed by atoms with Crippen LogP contribution in [-0.2, 0) is 10.0 Å². The quantitative estimate of drug-likeness (QED) is 0.876. The average molecular weight is 254 g/mol. The van der Waals surface area contributed by atoms with Crippen LogP contribution in [0.5, 0.6) is 0 Å². The molecule has 0 spiro atoms. The molecule has 0 aromatic carbocycles.